The number of benzene rings is 1. The van der Waals surface area contributed by atoms with Crippen LogP contribution in [0.4, 0.5) is 0 Å². The van der Waals surface area contributed by atoms with Crippen LogP contribution in [0.25, 0.3) is 0 Å². The summed E-state index contributed by atoms with van der Waals surface area (Å²) < 4.78 is 0. The molecule has 0 aliphatic heterocycles. The van der Waals surface area contributed by atoms with Crippen molar-refractivity contribution in [1.29, 1.82) is 0 Å². The summed E-state index contributed by atoms with van der Waals surface area (Å²) in [4.78, 5) is 21.7. The predicted molar refractivity (Wildman–Crippen MR) is 71.1 cm³/mol. The second-order valence-corrected chi connectivity index (χ2v) is 4.98. The van der Waals surface area contributed by atoms with Crippen molar-refractivity contribution in [2.24, 2.45) is 0 Å². The number of carboxylic acid groups (broad SMARTS) is 2. The van der Waals surface area contributed by atoms with E-state index in [0.717, 1.165) is 5.56 Å². The van der Waals surface area contributed by atoms with Crippen LogP contribution >= 0.6 is 0 Å². The molecule has 0 fully saturated rings. The zero-order valence-electron chi connectivity index (χ0n) is 12.8. The molecule has 0 aliphatic rings. The minimum Gasteiger partial charge on any atom is -1.00 e. The minimum absolute atomic E-state index is 0. The van der Waals surface area contributed by atoms with Crippen molar-refractivity contribution < 1.29 is 22.7 Å². The van der Waals surface area contributed by atoms with Gasteiger partial charge in [0.25, 0.3) is 0 Å². The van der Waals surface area contributed by atoms with Gasteiger partial charge >= 0.3 is 35.0 Å². The zero-order valence-corrected chi connectivity index (χ0v) is 12.2. The van der Waals surface area contributed by atoms with Gasteiger partial charge in [0, 0.05) is 0 Å². The average Bonchev–Trinajstić information content (AvgIpc) is 2.15. The number of aliphatic carboxylic acids is 2. The molecule has 0 spiro atoms. The third kappa shape index (κ3) is 3.99. The molecule has 5 heteroatoms. The summed E-state index contributed by atoms with van der Waals surface area (Å²) in [5.41, 5.74) is 1.29. The van der Waals surface area contributed by atoms with E-state index in [1.54, 1.807) is 24.3 Å². The van der Waals surface area contributed by atoms with Gasteiger partial charge in [0.15, 0.2) is 5.92 Å². The quantitative estimate of drug-likeness (QED) is 0.646. The summed E-state index contributed by atoms with van der Waals surface area (Å²) >= 11 is 0. The van der Waals surface area contributed by atoms with Crippen molar-refractivity contribution >= 4 is 35.0 Å². The molecule has 4 nitrogen and oxygen atoms in total. The van der Waals surface area contributed by atoms with E-state index in [0.29, 0.717) is 0 Å². The van der Waals surface area contributed by atoms with E-state index in [1.807, 2.05) is 20.8 Å². The normalized spacial score (nSPS) is 10.9. The molecule has 2 N–H and O–H groups in total. The minimum atomic E-state index is -1.50. The molecule has 1 aromatic carbocycles. The average molecular weight is 263 g/mol. The van der Waals surface area contributed by atoms with Crippen molar-refractivity contribution in [3.63, 3.8) is 0 Å². The molecule has 1 aromatic rings. The standard InChI is InChI=1S/C13H16O4.Mg.2H/c1-13(2,3)9-6-4-8(5-7-9)10(11(14)15)12(16)17;;;/h4-7,10H,1-3H3,(H,14,15)(H,16,17);;;/q;+2;2*-1. The fraction of sp³-hybridized carbons (Fsp3) is 0.385. The molecule has 0 saturated heterocycles. The molecule has 0 bridgehead atoms. The van der Waals surface area contributed by atoms with Crippen LogP contribution < -0.4 is 0 Å². The van der Waals surface area contributed by atoms with Crippen LogP contribution in [-0.4, -0.2) is 45.2 Å². The fourth-order valence-corrected chi connectivity index (χ4v) is 1.57. The first-order chi connectivity index (χ1) is 7.73. The van der Waals surface area contributed by atoms with Crippen molar-refractivity contribution in [2.45, 2.75) is 32.1 Å². The first-order valence-electron chi connectivity index (χ1n) is 5.29. The molecule has 0 aliphatic carbocycles. The first kappa shape index (κ1) is 16.9. The van der Waals surface area contributed by atoms with E-state index in [4.69, 9.17) is 10.2 Å². The van der Waals surface area contributed by atoms with Crippen LogP contribution in [0.5, 0.6) is 0 Å². The smallest absolute Gasteiger partial charge is 1.00 e. The van der Waals surface area contributed by atoms with Crippen molar-refractivity contribution in [3.05, 3.63) is 35.4 Å². The van der Waals surface area contributed by atoms with E-state index in [1.165, 1.54) is 0 Å². The van der Waals surface area contributed by atoms with Crippen LogP contribution in [0.2, 0.25) is 0 Å². The van der Waals surface area contributed by atoms with Crippen LogP contribution in [0.1, 0.15) is 40.7 Å². The number of carboxylic acids is 2. The van der Waals surface area contributed by atoms with Gasteiger partial charge in [0.2, 0.25) is 0 Å². The van der Waals surface area contributed by atoms with Crippen LogP contribution in [0.3, 0.4) is 0 Å². The Bertz CT molecular complexity index is 427. The molecular formula is C13H18MgO4. The van der Waals surface area contributed by atoms with E-state index in [2.05, 4.69) is 0 Å². The fourth-order valence-electron chi connectivity index (χ4n) is 1.57. The van der Waals surface area contributed by atoms with Crippen LogP contribution in [0.15, 0.2) is 24.3 Å². The molecule has 0 radical (unpaired) electrons. The predicted octanol–water partition coefficient (Wildman–Crippen LogP) is 2.08. The molecule has 0 aromatic heterocycles. The Morgan fingerprint density at radius 1 is 1.06 bits per heavy atom. The summed E-state index contributed by atoms with van der Waals surface area (Å²) in [6.07, 6.45) is 0. The van der Waals surface area contributed by atoms with E-state index in [9.17, 15) is 9.59 Å². The van der Waals surface area contributed by atoms with Crippen molar-refractivity contribution in [2.75, 3.05) is 0 Å². The summed E-state index contributed by atoms with van der Waals surface area (Å²) in [7, 11) is 0. The molecule has 18 heavy (non-hydrogen) atoms. The monoisotopic (exact) mass is 262 g/mol. The Morgan fingerprint density at radius 2 is 1.44 bits per heavy atom. The van der Waals surface area contributed by atoms with Gasteiger partial charge in [-0.05, 0) is 16.5 Å². The molecule has 0 unspecified atom stereocenters. The number of hydrogen-bond donors (Lipinski definition) is 2. The van der Waals surface area contributed by atoms with Crippen molar-refractivity contribution in [1.82, 2.24) is 0 Å². The maximum Gasteiger partial charge on any atom is 2.00 e. The number of hydrogen-bond acceptors (Lipinski definition) is 2. The van der Waals surface area contributed by atoms with E-state index < -0.39 is 17.9 Å². The SMILES string of the molecule is CC(C)(C)c1ccc(C(C(=O)O)C(=O)O)cc1.[H-].[H-].[Mg+2]. The Kier molecular flexibility index (Phi) is 5.83. The third-order valence-electron chi connectivity index (χ3n) is 2.60. The number of carbonyl (C=O) groups is 2. The Balaban J connectivity index is -0.000000963. The van der Waals surface area contributed by atoms with Crippen LogP contribution in [0, 0.1) is 0 Å². The second kappa shape index (κ2) is 6.20. The van der Waals surface area contributed by atoms with Gasteiger partial charge in [0.1, 0.15) is 0 Å². The van der Waals surface area contributed by atoms with Gasteiger partial charge in [-0.25, -0.2) is 0 Å². The maximum atomic E-state index is 10.8. The molecule has 0 heterocycles. The van der Waals surface area contributed by atoms with Gasteiger partial charge in [-0.15, -0.1) is 0 Å². The summed E-state index contributed by atoms with van der Waals surface area (Å²) in [5.74, 6) is -4.19. The molecule has 1 rings (SSSR count). The number of rotatable bonds is 3. The molecule has 0 saturated carbocycles. The first-order valence-corrected chi connectivity index (χ1v) is 5.29. The Labute approximate surface area is 125 Å². The third-order valence-corrected chi connectivity index (χ3v) is 2.60. The van der Waals surface area contributed by atoms with Gasteiger partial charge < -0.3 is 13.1 Å². The topological polar surface area (TPSA) is 74.6 Å². The Hall–Kier alpha value is -1.07. The molecule has 0 atom stereocenters. The molecule has 96 valence electrons. The summed E-state index contributed by atoms with van der Waals surface area (Å²) in [6, 6.07) is 6.67. The molecular weight excluding hydrogens is 244 g/mol. The summed E-state index contributed by atoms with van der Waals surface area (Å²) in [5, 5.41) is 17.7. The van der Waals surface area contributed by atoms with Crippen molar-refractivity contribution in [3.8, 4) is 0 Å². The second-order valence-electron chi connectivity index (χ2n) is 4.98. The van der Waals surface area contributed by atoms with Crippen LogP contribution in [-0.2, 0) is 15.0 Å². The van der Waals surface area contributed by atoms with Gasteiger partial charge in [-0.3, -0.25) is 9.59 Å². The molecule has 0 amide bonds. The van der Waals surface area contributed by atoms with Gasteiger partial charge in [-0.2, -0.15) is 0 Å². The zero-order chi connectivity index (χ0) is 13.2. The largest absolute Gasteiger partial charge is 2.00 e. The van der Waals surface area contributed by atoms with Gasteiger partial charge in [0.05, 0.1) is 0 Å². The van der Waals surface area contributed by atoms with E-state index in [-0.39, 0.29) is 36.9 Å². The van der Waals surface area contributed by atoms with Gasteiger partial charge in [-0.1, -0.05) is 45.0 Å². The van der Waals surface area contributed by atoms with E-state index >= 15 is 0 Å². The maximum absolute atomic E-state index is 10.8. The summed E-state index contributed by atoms with van der Waals surface area (Å²) in [6.45, 7) is 6.11. The Morgan fingerprint density at radius 3 is 1.72 bits per heavy atom.